The Bertz CT molecular complexity index is 490. The number of aliphatic hydroxyl groups is 1. The van der Waals surface area contributed by atoms with Crippen LogP contribution in [0.15, 0.2) is 4.52 Å². The number of piperidine rings is 1. The first-order valence-electron chi connectivity index (χ1n) is 8.24. The van der Waals surface area contributed by atoms with Crippen molar-refractivity contribution in [3.63, 3.8) is 0 Å². The predicted octanol–water partition coefficient (Wildman–Crippen LogP) is 2.80. The highest BCUT2D eigenvalue weighted by Crippen LogP contribution is 2.35. The second-order valence-corrected chi connectivity index (χ2v) is 6.74. The molecule has 22 heavy (non-hydrogen) atoms. The maximum atomic E-state index is 12.5. The van der Waals surface area contributed by atoms with Gasteiger partial charge in [0.1, 0.15) is 5.76 Å². The summed E-state index contributed by atoms with van der Waals surface area (Å²) in [5.41, 5.74) is 1.95. The van der Waals surface area contributed by atoms with Gasteiger partial charge in [-0.1, -0.05) is 19.0 Å². The molecule has 1 amide bonds. The molecule has 1 aromatic heterocycles. The van der Waals surface area contributed by atoms with Crippen LogP contribution in [0.5, 0.6) is 0 Å². The monoisotopic (exact) mass is 308 g/mol. The summed E-state index contributed by atoms with van der Waals surface area (Å²) in [7, 11) is 0. The average Bonchev–Trinajstić information content (AvgIpc) is 2.86. The lowest BCUT2D eigenvalue weighted by Crippen LogP contribution is -2.44. The number of carbonyl (C=O) groups is 1. The van der Waals surface area contributed by atoms with Crippen LogP contribution < -0.4 is 0 Å². The van der Waals surface area contributed by atoms with Crippen LogP contribution in [0.2, 0.25) is 0 Å². The Morgan fingerprint density at radius 2 is 2.05 bits per heavy atom. The SMILES string of the molecule is CCC1(CO)CCN(C(=O)CC(C)c2c(C)noc2C)CC1. The van der Waals surface area contributed by atoms with Gasteiger partial charge in [0.2, 0.25) is 5.91 Å². The summed E-state index contributed by atoms with van der Waals surface area (Å²) < 4.78 is 5.20. The van der Waals surface area contributed by atoms with E-state index in [0.29, 0.717) is 6.42 Å². The van der Waals surface area contributed by atoms with E-state index in [2.05, 4.69) is 19.0 Å². The molecule has 0 radical (unpaired) electrons. The number of amides is 1. The topological polar surface area (TPSA) is 66.6 Å². The van der Waals surface area contributed by atoms with Gasteiger partial charge in [-0.2, -0.15) is 0 Å². The summed E-state index contributed by atoms with van der Waals surface area (Å²) in [4.78, 5) is 14.5. The molecule has 0 aromatic carbocycles. The zero-order valence-corrected chi connectivity index (χ0v) is 14.2. The smallest absolute Gasteiger partial charge is 0.223 e. The molecule has 1 aromatic rings. The lowest BCUT2D eigenvalue weighted by molar-refractivity contribution is -0.134. The maximum Gasteiger partial charge on any atom is 0.223 e. The molecule has 0 saturated carbocycles. The highest BCUT2D eigenvalue weighted by Gasteiger charge is 2.34. The van der Waals surface area contributed by atoms with Gasteiger partial charge in [0.05, 0.1) is 5.69 Å². The fourth-order valence-corrected chi connectivity index (χ4v) is 3.54. The number of aliphatic hydroxyl groups excluding tert-OH is 1. The molecular weight excluding hydrogens is 280 g/mol. The molecule has 2 rings (SSSR count). The van der Waals surface area contributed by atoms with E-state index in [-0.39, 0.29) is 23.8 Å². The van der Waals surface area contributed by atoms with E-state index < -0.39 is 0 Å². The minimum Gasteiger partial charge on any atom is -0.396 e. The molecule has 1 aliphatic rings. The Hall–Kier alpha value is -1.36. The molecule has 1 saturated heterocycles. The minimum absolute atomic E-state index is 0.0179. The number of hydrogen-bond donors (Lipinski definition) is 1. The molecule has 0 spiro atoms. The molecule has 5 heteroatoms. The van der Waals surface area contributed by atoms with E-state index in [9.17, 15) is 9.90 Å². The molecular formula is C17H28N2O3. The molecule has 1 aliphatic heterocycles. The van der Waals surface area contributed by atoms with E-state index in [1.54, 1.807) is 0 Å². The van der Waals surface area contributed by atoms with Crippen molar-refractivity contribution in [1.82, 2.24) is 10.1 Å². The first kappa shape index (κ1) is 17.0. The van der Waals surface area contributed by atoms with Crippen LogP contribution in [0.3, 0.4) is 0 Å². The first-order chi connectivity index (χ1) is 10.4. The average molecular weight is 308 g/mol. The van der Waals surface area contributed by atoms with Gasteiger partial charge >= 0.3 is 0 Å². The maximum absolute atomic E-state index is 12.5. The number of carbonyl (C=O) groups excluding carboxylic acids is 1. The van der Waals surface area contributed by atoms with Crippen molar-refractivity contribution in [2.24, 2.45) is 5.41 Å². The fraction of sp³-hybridized carbons (Fsp3) is 0.765. The number of aromatic nitrogens is 1. The molecule has 0 aliphatic carbocycles. The molecule has 2 heterocycles. The van der Waals surface area contributed by atoms with Crippen LogP contribution in [0.1, 0.15) is 62.5 Å². The fourth-order valence-electron chi connectivity index (χ4n) is 3.54. The van der Waals surface area contributed by atoms with Gasteiger partial charge in [0.15, 0.2) is 0 Å². The quantitative estimate of drug-likeness (QED) is 0.908. The molecule has 1 fully saturated rings. The second-order valence-electron chi connectivity index (χ2n) is 6.74. The van der Waals surface area contributed by atoms with E-state index in [0.717, 1.165) is 49.4 Å². The molecule has 5 nitrogen and oxygen atoms in total. The summed E-state index contributed by atoms with van der Waals surface area (Å²) in [5.74, 6) is 1.12. The van der Waals surface area contributed by atoms with Crippen molar-refractivity contribution in [2.75, 3.05) is 19.7 Å². The normalized spacial score (nSPS) is 19.2. The minimum atomic E-state index is 0.0179. The van der Waals surface area contributed by atoms with Crippen LogP contribution in [0, 0.1) is 19.3 Å². The lowest BCUT2D eigenvalue weighted by Gasteiger charge is -2.40. The van der Waals surface area contributed by atoms with Crippen molar-refractivity contribution >= 4 is 5.91 Å². The van der Waals surface area contributed by atoms with Crippen LogP contribution in [0.25, 0.3) is 0 Å². The molecule has 124 valence electrons. The van der Waals surface area contributed by atoms with Gasteiger partial charge in [0.25, 0.3) is 0 Å². The summed E-state index contributed by atoms with van der Waals surface area (Å²) in [6.45, 7) is 9.72. The van der Waals surface area contributed by atoms with Crippen molar-refractivity contribution in [1.29, 1.82) is 0 Å². The Balaban J connectivity index is 1.94. The number of rotatable bonds is 5. The van der Waals surface area contributed by atoms with E-state index in [1.807, 2.05) is 18.7 Å². The highest BCUT2D eigenvalue weighted by atomic mass is 16.5. The van der Waals surface area contributed by atoms with Gasteiger partial charge in [-0.15, -0.1) is 0 Å². The predicted molar refractivity (Wildman–Crippen MR) is 84.6 cm³/mol. The lowest BCUT2D eigenvalue weighted by atomic mass is 9.77. The van der Waals surface area contributed by atoms with Crippen molar-refractivity contribution in [3.05, 3.63) is 17.0 Å². The van der Waals surface area contributed by atoms with Crippen LogP contribution >= 0.6 is 0 Å². The van der Waals surface area contributed by atoms with Gasteiger partial charge in [-0.25, -0.2) is 0 Å². The third kappa shape index (κ3) is 3.35. The van der Waals surface area contributed by atoms with Crippen molar-refractivity contribution < 1.29 is 14.4 Å². The third-order valence-electron chi connectivity index (χ3n) is 5.32. The van der Waals surface area contributed by atoms with E-state index in [4.69, 9.17) is 4.52 Å². The largest absolute Gasteiger partial charge is 0.396 e. The standard InChI is InChI=1S/C17H28N2O3/c1-5-17(11-20)6-8-19(9-7-17)15(21)10-12(2)16-13(3)18-22-14(16)4/h12,20H,5-11H2,1-4H3. The van der Waals surface area contributed by atoms with E-state index in [1.165, 1.54) is 0 Å². The van der Waals surface area contributed by atoms with Crippen LogP contribution in [0.4, 0.5) is 0 Å². The molecule has 1 N–H and O–H groups in total. The van der Waals surface area contributed by atoms with Crippen molar-refractivity contribution in [2.45, 2.75) is 59.3 Å². The van der Waals surface area contributed by atoms with Gasteiger partial charge in [-0.05, 0) is 44.4 Å². The Kier molecular flexibility index (Phi) is 5.27. The third-order valence-corrected chi connectivity index (χ3v) is 5.32. The number of nitrogens with zero attached hydrogens (tertiary/aromatic N) is 2. The van der Waals surface area contributed by atoms with Gasteiger partial charge < -0.3 is 14.5 Å². The number of aryl methyl sites for hydroxylation is 2. The Morgan fingerprint density at radius 1 is 1.41 bits per heavy atom. The molecule has 1 atom stereocenters. The van der Waals surface area contributed by atoms with Crippen molar-refractivity contribution in [3.8, 4) is 0 Å². The second kappa shape index (κ2) is 6.82. The molecule has 0 bridgehead atoms. The van der Waals surface area contributed by atoms with E-state index >= 15 is 0 Å². The van der Waals surface area contributed by atoms with Gasteiger partial charge in [0, 0.05) is 31.7 Å². The Morgan fingerprint density at radius 3 is 2.50 bits per heavy atom. The van der Waals surface area contributed by atoms with Gasteiger partial charge in [-0.3, -0.25) is 4.79 Å². The van der Waals surface area contributed by atoms with Crippen LogP contribution in [-0.4, -0.2) is 40.8 Å². The summed E-state index contributed by atoms with van der Waals surface area (Å²) >= 11 is 0. The summed E-state index contributed by atoms with van der Waals surface area (Å²) in [6, 6.07) is 0. The highest BCUT2D eigenvalue weighted by molar-refractivity contribution is 5.77. The summed E-state index contributed by atoms with van der Waals surface area (Å²) in [5, 5.41) is 13.5. The first-order valence-corrected chi connectivity index (χ1v) is 8.24. The zero-order chi connectivity index (χ0) is 16.3. The molecule has 1 unspecified atom stereocenters. The Labute approximate surface area is 132 Å². The zero-order valence-electron chi connectivity index (χ0n) is 14.2. The summed E-state index contributed by atoms with van der Waals surface area (Å²) in [6.07, 6.45) is 3.25. The number of hydrogen-bond acceptors (Lipinski definition) is 4. The van der Waals surface area contributed by atoms with Crippen LogP contribution in [-0.2, 0) is 4.79 Å². The number of likely N-dealkylation sites (tertiary alicyclic amines) is 1.